The summed E-state index contributed by atoms with van der Waals surface area (Å²) in [6.45, 7) is 5.30. The summed E-state index contributed by atoms with van der Waals surface area (Å²) in [4.78, 5) is 27.9. The van der Waals surface area contributed by atoms with Gasteiger partial charge in [-0.3, -0.25) is 4.79 Å². The zero-order valence-electron chi connectivity index (χ0n) is 16.6. The molecule has 2 aromatic heterocycles. The Morgan fingerprint density at radius 2 is 1.90 bits per heavy atom. The average Bonchev–Trinajstić information content (AvgIpc) is 3.25. The molecule has 8 nitrogen and oxygen atoms in total. The van der Waals surface area contributed by atoms with Gasteiger partial charge in [0.15, 0.2) is 5.82 Å². The molecule has 0 saturated carbocycles. The summed E-state index contributed by atoms with van der Waals surface area (Å²) in [5.74, 6) is 1.87. The first kappa shape index (κ1) is 19.0. The van der Waals surface area contributed by atoms with Crippen molar-refractivity contribution in [2.75, 3.05) is 18.8 Å². The van der Waals surface area contributed by atoms with E-state index in [1.807, 2.05) is 49.1 Å². The Morgan fingerprint density at radius 1 is 1.17 bits per heavy atom. The molecule has 0 atom stereocenters. The van der Waals surface area contributed by atoms with E-state index in [2.05, 4.69) is 20.1 Å². The van der Waals surface area contributed by atoms with Crippen LogP contribution in [-0.2, 0) is 0 Å². The third-order valence-corrected chi connectivity index (χ3v) is 5.19. The van der Waals surface area contributed by atoms with Crippen molar-refractivity contribution >= 4 is 11.9 Å². The van der Waals surface area contributed by atoms with Gasteiger partial charge in [0.25, 0.3) is 5.91 Å². The van der Waals surface area contributed by atoms with Gasteiger partial charge in [-0.05, 0) is 12.8 Å². The van der Waals surface area contributed by atoms with E-state index in [0.29, 0.717) is 30.2 Å². The Morgan fingerprint density at radius 3 is 2.55 bits per heavy atom. The smallest absolute Gasteiger partial charge is 0.257 e. The molecule has 4 rings (SSSR count). The SMILES string of the molecule is CC(C)c1noc(C2CCN(C(=O)c3cnc(N)nc3-c3ccccc3)CC2)n1. The fourth-order valence-corrected chi connectivity index (χ4v) is 3.52. The molecule has 3 aromatic rings. The maximum absolute atomic E-state index is 13.2. The lowest BCUT2D eigenvalue weighted by Crippen LogP contribution is -2.38. The minimum atomic E-state index is -0.0873. The quantitative estimate of drug-likeness (QED) is 0.725. The van der Waals surface area contributed by atoms with E-state index in [1.54, 1.807) is 0 Å². The number of likely N-dealkylation sites (tertiary alicyclic amines) is 1. The Kier molecular flexibility index (Phi) is 5.24. The normalized spacial score (nSPS) is 15.1. The summed E-state index contributed by atoms with van der Waals surface area (Å²) in [6, 6.07) is 9.55. The van der Waals surface area contributed by atoms with Crippen LogP contribution in [-0.4, -0.2) is 44.0 Å². The molecule has 2 N–H and O–H groups in total. The van der Waals surface area contributed by atoms with Crippen LogP contribution >= 0.6 is 0 Å². The van der Waals surface area contributed by atoms with Crippen LogP contribution in [0.5, 0.6) is 0 Å². The van der Waals surface area contributed by atoms with Crippen molar-refractivity contribution in [1.29, 1.82) is 0 Å². The number of nitrogens with two attached hydrogens (primary N) is 1. The predicted octanol–water partition coefficient (Wildman–Crippen LogP) is 3.25. The Labute approximate surface area is 169 Å². The van der Waals surface area contributed by atoms with Crippen molar-refractivity contribution < 1.29 is 9.32 Å². The molecule has 0 radical (unpaired) electrons. The summed E-state index contributed by atoms with van der Waals surface area (Å²) in [5, 5.41) is 4.05. The van der Waals surface area contributed by atoms with Crippen LogP contribution in [0.15, 0.2) is 41.1 Å². The molecule has 1 aromatic carbocycles. The number of nitrogen functional groups attached to an aromatic ring is 1. The van der Waals surface area contributed by atoms with E-state index < -0.39 is 0 Å². The van der Waals surface area contributed by atoms with Gasteiger partial charge in [0, 0.05) is 36.7 Å². The van der Waals surface area contributed by atoms with Crippen LogP contribution in [0.25, 0.3) is 11.3 Å². The number of amides is 1. The van der Waals surface area contributed by atoms with Crippen molar-refractivity contribution in [3.63, 3.8) is 0 Å². The highest BCUT2D eigenvalue weighted by atomic mass is 16.5. The third kappa shape index (κ3) is 3.96. The van der Waals surface area contributed by atoms with E-state index in [4.69, 9.17) is 10.3 Å². The lowest BCUT2D eigenvalue weighted by molar-refractivity contribution is 0.0704. The highest BCUT2D eigenvalue weighted by molar-refractivity contribution is 5.99. The summed E-state index contributed by atoms with van der Waals surface area (Å²) in [7, 11) is 0. The average molecular weight is 392 g/mol. The molecule has 1 aliphatic rings. The van der Waals surface area contributed by atoms with Gasteiger partial charge in [-0.15, -0.1) is 0 Å². The number of nitrogens with zero attached hydrogens (tertiary/aromatic N) is 5. The second-order valence-corrected chi connectivity index (χ2v) is 7.57. The number of rotatable bonds is 4. The first-order valence-corrected chi connectivity index (χ1v) is 9.83. The summed E-state index contributed by atoms with van der Waals surface area (Å²) >= 11 is 0. The minimum Gasteiger partial charge on any atom is -0.368 e. The van der Waals surface area contributed by atoms with Crippen LogP contribution in [0.1, 0.15) is 60.6 Å². The summed E-state index contributed by atoms with van der Waals surface area (Å²) < 4.78 is 5.44. The molecule has 8 heteroatoms. The maximum Gasteiger partial charge on any atom is 0.257 e. The number of aromatic nitrogens is 4. The zero-order chi connectivity index (χ0) is 20.4. The van der Waals surface area contributed by atoms with Crippen molar-refractivity contribution in [3.05, 3.63) is 53.8 Å². The van der Waals surface area contributed by atoms with Crippen LogP contribution in [0.2, 0.25) is 0 Å². The lowest BCUT2D eigenvalue weighted by Gasteiger charge is -2.30. The second kappa shape index (κ2) is 7.98. The van der Waals surface area contributed by atoms with E-state index in [9.17, 15) is 4.79 Å². The monoisotopic (exact) mass is 392 g/mol. The van der Waals surface area contributed by atoms with Gasteiger partial charge < -0.3 is 15.2 Å². The highest BCUT2D eigenvalue weighted by Crippen LogP contribution is 2.30. The number of carbonyl (C=O) groups is 1. The third-order valence-electron chi connectivity index (χ3n) is 5.19. The maximum atomic E-state index is 13.2. The lowest BCUT2D eigenvalue weighted by atomic mass is 9.96. The predicted molar refractivity (Wildman–Crippen MR) is 108 cm³/mol. The molecule has 0 bridgehead atoms. The Balaban J connectivity index is 1.50. The molecule has 1 fully saturated rings. The molecule has 1 amide bonds. The van der Waals surface area contributed by atoms with Crippen LogP contribution < -0.4 is 5.73 Å². The first-order valence-electron chi connectivity index (χ1n) is 9.83. The van der Waals surface area contributed by atoms with Gasteiger partial charge in [0.2, 0.25) is 11.8 Å². The number of anilines is 1. The Bertz CT molecular complexity index is 993. The highest BCUT2D eigenvalue weighted by Gasteiger charge is 2.29. The summed E-state index contributed by atoms with van der Waals surface area (Å²) in [5.41, 5.74) is 7.64. The molecule has 29 heavy (non-hydrogen) atoms. The number of carbonyl (C=O) groups excluding carboxylic acids is 1. The van der Waals surface area contributed by atoms with E-state index >= 15 is 0 Å². The number of hydrogen-bond acceptors (Lipinski definition) is 7. The number of piperidine rings is 1. The number of hydrogen-bond donors (Lipinski definition) is 1. The molecule has 0 aliphatic carbocycles. The van der Waals surface area contributed by atoms with Crippen molar-refractivity contribution in [1.82, 2.24) is 25.0 Å². The van der Waals surface area contributed by atoms with Gasteiger partial charge in [0.05, 0.1) is 11.3 Å². The fourth-order valence-electron chi connectivity index (χ4n) is 3.52. The second-order valence-electron chi connectivity index (χ2n) is 7.57. The van der Waals surface area contributed by atoms with Crippen LogP contribution in [0, 0.1) is 0 Å². The van der Waals surface area contributed by atoms with Gasteiger partial charge in [-0.2, -0.15) is 4.98 Å². The molecule has 0 spiro atoms. The number of benzene rings is 1. The van der Waals surface area contributed by atoms with E-state index in [1.165, 1.54) is 6.20 Å². The van der Waals surface area contributed by atoms with Gasteiger partial charge in [0.1, 0.15) is 0 Å². The molecule has 1 aliphatic heterocycles. The van der Waals surface area contributed by atoms with Crippen molar-refractivity contribution in [2.45, 2.75) is 38.5 Å². The Hall–Kier alpha value is -3.29. The molecular weight excluding hydrogens is 368 g/mol. The van der Waals surface area contributed by atoms with Crippen molar-refractivity contribution in [3.8, 4) is 11.3 Å². The van der Waals surface area contributed by atoms with Crippen LogP contribution in [0.4, 0.5) is 5.95 Å². The van der Waals surface area contributed by atoms with Crippen molar-refractivity contribution in [2.24, 2.45) is 0 Å². The zero-order valence-corrected chi connectivity index (χ0v) is 16.6. The molecule has 0 unspecified atom stereocenters. The largest absolute Gasteiger partial charge is 0.368 e. The molecular formula is C21H24N6O2. The fraction of sp³-hybridized carbons (Fsp3) is 0.381. The van der Waals surface area contributed by atoms with Gasteiger partial charge in [-0.1, -0.05) is 49.3 Å². The molecule has 150 valence electrons. The molecule has 1 saturated heterocycles. The minimum absolute atomic E-state index is 0.0873. The standard InChI is InChI=1S/C21H24N6O2/c1-13(2)18-25-19(29-26-18)15-8-10-27(11-9-15)20(28)16-12-23-21(22)24-17(16)14-6-4-3-5-7-14/h3-7,12-13,15H,8-11H2,1-2H3,(H2,22,23,24). The van der Waals surface area contributed by atoms with Gasteiger partial charge >= 0.3 is 0 Å². The topological polar surface area (TPSA) is 111 Å². The summed E-state index contributed by atoms with van der Waals surface area (Å²) in [6.07, 6.45) is 3.08. The first-order chi connectivity index (χ1) is 14.0. The van der Waals surface area contributed by atoms with E-state index in [-0.39, 0.29) is 23.7 Å². The molecule has 3 heterocycles. The van der Waals surface area contributed by atoms with Crippen LogP contribution in [0.3, 0.4) is 0 Å². The van der Waals surface area contributed by atoms with Gasteiger partial charge in [-0.25, -0.2) is 9.97 Å². The van der Waals surface area contributed by atoms with E-state index in [0.717, 1.165) is 24.2 Å².